The Labute approximate surface area is 121 Å². The van der Waals surface area contributed by atoms with Crippen LogP contribution in [0.1, 0.15) is 46.0 Å². The molecule has 2 rings (SSSR count). The van der Waals surface area contributed by atoms with E-state index in [2.05, 4.69) is 5.32 Å². The number of nitrogens with one attached hydrogen (secondary N) is 1. The van der Waals surface area contributed by atoms with Crippen molar-refractivity contribution in [1.82, 2.24) is 10.2 Å². The Morgan fingerprint density at radius 2 is 1.90 bits per heavy atom. The predicted molar refractivity (Wildman–Crippen MR) is 76.2 cm³/mol. The van der Waals surface area contributed by atoms with Crippen molar-refractivity contribution in [3.8, 4) is 0 Å². The van der Waals surface area contributed by atoms with Gasteiger partial charge in [-0.25, -0.2) is 0 Å². The Hall–Kier alpha value is -1.10. The van der Waals surface area contributed by atoms with Crippen molar-refractivity contribution in [2.45, 2.75) is 51.5 Å². The number of rotatable bonds is 7. The van der Waals surface area contributed by atoms with Crippen LogP contribution in [-0.2, 0) is 14.3 Å². The van der Waals surface area contributed by atoms with Crippen LogP contribution in [0.5, 0.6) is 0 Å². The molecule has 1 heterocycles. The topological polar surface area (TPSA) is 58.6 Å². The largest absolute Gasteiger partial charge is 0.385 e. The van der Waals surface area contributed by atoms with Gasteiger partial charge in [0.15, 0.2) is 0 Å². The maximum absolute atomic E-state index is 12.7. The first kappa shape index (κ1) is 15.3. The lowest BCUT2D eigenvalue weighted by atomic mass is 9.88. The van der Waals surface area contributed by atoms with Gasteiger partial charge in [0.2, 0.25) is 11.8 Å². The van der Waals surface area contributed by atoms with Gasteiger partial charge in [0.25, 0.3) is 0 Å². The smallest absolute Gasteiger partial charge is 0.248 e. The van der Waals surface area contributed by atoms with Crippen LogP contribution in [0.15, 0.2) is 0 Å². The first-order chi connectivity index (χ1) is 9.51. The van der Waals surface area contributed by atoms with Crippen molar-refractivity contribution in [1.29, 1.82) is 0 Å². The molecule has 1 aliphatic heterocycles. The summed E-state index contributed by atoms with van der Waals surface area (Å²) in [6, 6.07) is 0. The van der Waals surface area contributed by atoms with Gasteiger partial charge in [-0.15, -0.1) is 0 Å². The van der Waals surface area contributed by atoms with Gasteiger partial charge in [0, 0.05) is 20.3 Å². The average molecular weight is 282 g/mol. The summed E-state index contributed by atoms with van der Waals surface area (Å²) < 4.78 is 5.16. The highest BCUT2D eigenvalue weighted by molar-refractivity contribution is 5.98. The second kappa shape index (κ2) is 5.72. The van der Waals surface area contributed by atoms with Gasteiger partial charge >= 0.3 is 0 Å². The van der Waals surface area contributed by atoms with Crippen molar-refractivity contribution in [2.24, 2.45) is 5.41 Å². The van der Waals surface area contributed by atoms with Gasteiger partial charge < -0.3 is 15.0 Å². The lowest BCUT2D eigenvalue weighted by Gasteiger charge is -2.42. The average Bonchev–Trinajstić information content (AvgIpc) is 3.20. The second-order valence-corrected chi connectivity index (χ2v) is 6.24. The fourth-order valence-electron chi connectivity index (χ4n) is 3.15. The van der Waals surface area contributed by atoms with Crippen LogP contribution in [0, 0.1) is 5.41 Å². The summed E-state index contributed by atoms with van der Waals surface area (Å²) in [4.78, 5) is 26.4. The molecule has 1 aliphatic carbocycles. The maximum Gasteiger partial charge on any atom is 0.248 e. The van der Waals surface area contributed by atoms with Crippen LogP contribution < -0.4 is 5.32 Å². The van der Waals surface area contributed by atoms with Crippen molar-refractivity contribution in [2.75, 3.05) is 26.8 Å². The van der Waals surface area contributed by atoms with E-state index in [4.69, 9.17) is 4.74 Å². The van der Waals surface area contributed by atoms with Crippen LogP contribution in [0.4, 0.5) is 0 Å². The van der Waals surface area contributed by atoms with Crippen molar-refractivity contribution in [3.63, 3.8) is 0 Å². The zero-order valence-electron chi connectivity index (χ0n) is 12.8. The van der Waals surface area contributed by atoms with Crippen LogP contribution in [-0.4, -0.2) is 49.1 Å². The Kier molecular flexibility index (Phi) is 4.37. The first-order valence-corrected chi connectivity index (χ1v) is 7.60. The molecule has 1 N–H and O–H groups in total. The standard InChI is InChI=1S/C15H26N2O3/c1-4-15(5-2)13(19)17(10-12(18)16-15)11-14(6-7-14)8-9-20-3/h4-11H2,1-3H3,(H,16,18). The summed E-state index contributed by atoms with van der Waals surface area (Å²) in [5.41, 5.74) is -0.497. The van der Waals surface area contributed by atoms with E-state index in [1.165, 1.54) is 0 Å². The molecule has 2 fully saturated rings. The molecule has 0 radical (unpaired) electrons. The molecule has 114 valence electrons. The summed E-state index contributed by atoms with van der Waals surface area (Å²) >= 11 is 0. The van der Waals surface area contributed by atoms with E-state index in [-0.39, 0.29) is 23.8 Å². The third-order valence-electron chi connectivity index (χ3n) is 4.94. The van der Waals surface area contributed by atoms with Gasteiger partial charge in [-0.3, -0.25) is 9.59 Å². The molecule has 0 bridgehead atoms. The first-order valence-electron chi connectivity index (χ1n) is 7.60. The number of amides is 2. The number of hydrogen-bond acceptors (Lipinski definition) is 3. The van der Waals surface area contributed by atoms with E-state index < -0.39 is 5.54 Å². The molecule has 1 saturated carbocycles. The molecule has 0 aromatic rings. The molecule has 0 spiro atoms. The molecule has 1 saturated heterocycles. The minimum atomic E-state index is -0.688. The Morgan fingerprint density at radius 1 is 1.25 bits per heavy atom. The normalized spacial score (nSPS) is 23.6. The van der Waals surface area contributed by atoms with E-state index in [0.717, 1.165) is 25.9 Å². The maximum atomic E-state index is 12.7. The minimum absolute atomic E-state index is 0.0316. The molecule has 0 aromatic carbocycles. The number of hydrogen-bond donors (Lipinski definition) is 1. The fourth-order valence-corrected chi connectivity index (χ4v) is 3.15. The molecular weight excluding hydrogens is 256 g/mol. The highest BCUT2D eigenvalue weighted by Gasteiger charge is 2.49. The molecule has 2 aliphatic rings. The van der Waals surface area contributed by atoms with Gasteiger partial charge in [-0.05, 0) is 37.5 Å². The summed E-state index contributed by atoms with van der Waals surface area (Å²) in [5.74, 6) is 0.0571. The number of carbonyl (C=O) groups is 2. The van der Waals surface area contributed by atoms with Crippen molar-refractivity contribution >= 4 is 11.8 Å². The number of ether oxygens (including phenoxy) is 1. The van der Waals surface area contributed by atoms with Gasteiger partial charge in [0.05, 0.1) is 6.54 Å². The minimum Gasteiger partial charge on any atom is -0.385 e. The Morgan fingerprint density at radius 3 is 2.40 bits per heavy atom. The summed E-state index contributed by atoms with van der Waals surface area (Å²) in [6.07, 6.45) is 4.53. The number of nitrogens with zero attached hydrogens (tertiary/aromatic N) is 1. The zero-order valence-corrected chi connectivity index (χ0v) is 12.8. The Balaban J connectivity index is 2.07. The van der Waals surface area contributed by atoms with E-state index >= 15 is 0 Å². The quantitative estimate of drug-likeness (QED) is 0.766. The SMILES string of the molecule is CCC1(CC)NC(=O)CN(CC2(CCOC)CC2)C1=O. The van der Waals surface area contributed by atoms with Gasteiger partial charge in [-0.1, -0.05) is 13.8 Å². The van der Waals surface area contributed by atoms with E-state index in [1.54, 1.807) is 12.0 Å². The van der Waals surface area contributed by atoms with Gasteiger partial charge in [0.1, 0.15) is 5.54 Å². The van der Waals surface area contributed by atoms with E-state index in [1.807, 2.05) is 13.8 Å². The van der Waals surface area contributed by atoms with Crippen LogP contribution in [0.25, 0.3) is 0 Å². The highest BCUT2D eigenvalue weighted by Crippen LogP contribution is 2.49. The fraction of sp³-hybridized carbons (Fsp3) is 0.867. The van der Waals surface area contributed by atoms with E-state index in [9.17, 15) is 9.59 Å². The third kappa shape index (κ3) is 2.82. The molecule has 20 heavy (non-hydrogen) atoms. The van der Waals surface area contributed by atoms with Crippen molar-refractivity contribution in [3.05, 3.63) is 0 Å². The lowest BCUT2D eigenvalue weighted by Crippen LogP contribution is -2.66. The highest BCUT2D eigenvalue weighted by atomic mass is 16.5. The molecule has 5 nitrogen and oxygen atoms in total. The van der Waals surface area contributed by atoms with Crippen LogP contribution >= 0.6 is 0 Å². The van der Waals surface area contributed by atoms with E-state index in [0.29, 0.717) is 19.4 Å². The molecule has 5 heteroatoms. The van der Waals surface area contributed by atoms with Crippen LogP contribution in [0.2, 0.25) is 0 Å². The molecular formula is C15H26N2O3. The third-order valence-corrected chi connectivity index (χ3v) is 4.94. The number of methoxy groups -OCH3 is 1. The second-order valence-electron chi connectivity index (χ2n) is 6.24. The molecule has 0 aromatic heterocycles. The summed E-state index contributed by atoms with van der Waals surface area (Å²) in [7, 11) is 1.70. The summed E-state index contributed by atoms with van der Waals surface area (Å²) in [5, 5.41) is 2.90. The monoisotopic (exact) mass is 282 g/mol. The predicted octanol–water partition coefficient (Wildman–Crippen LogP) is 1.32. The number of piperazine rings is 1. The molecule has 0 atom stereocenters. The van der Waals surface area contributed by atoms with Gasteiger partial charge in [-0.2, -0.15) is 0 Å². The lowest BCUT2D eigenvalue weighted by molar-refractivity contribution is -0.151. The Bertz CT molecular complexity index is 387. The zero-order chi connectivity index (χ0) is 14.8. The molecule has 0 unspecified atom stereocenters. The number of carbonyl (C=O) groups excluding carboxylic acids is 2. The molecule has 2 amide bonds. The van der Waals surface area contributed by atoms with Crippen molar-refractivity contribution < 1.29 is 14.3 Å². The van der Waals surface area contributed by atoms with Crippen LogP contribution in [0.3, 0.4) is 0 Å². The summed E-state index contributed by atoms with van der Waals surface area (Å²) in [6.45, 7) is 5.55.